The first kappa shape index (κ1) is 28.0. The number of halogens is 5. The number of rotatable bonds is 6. The zero-order valence-electron chi connectivity index (χ0n) is 17.0. The van der Waals surface area contributed by atoms with E-state index in [2.05, 4.69) is 4.90 Å². The van der Waals surface area contributed by atoms with Crippen LogP contribution in [0, 0.1) is 5.41 Å². The highest BCUT2D eigenvalue weighted by Gasteiger charge is 2.37. The van der Waals surface area contributed by atoms with E-state index in [0.29, 0.717) is 32.7 Å². The third-order valence-electron chi connectivity index (χ3n) is 5.76. The van der Waals surface area contributed by atoms with Crippen LogP contribution in [0.25, 0.3) is 0 Å². The summed E-state index contributed by atoms with van der Waals surface area (Å²) in [7, 11) is 0. The van der Waals surface area contributed by atoms with Crippen molar-refractivity contribution in [1.29, 1.82) is 0 Å². The van der Waals surface area contributed by atoms with Gasteiger partial charge in [0.05, 0.1) is 11.0 Å². The maximum Gasteiger partial charge on any atom is 0.416 e. The number of carbonyl (C=O) groups excluding carboxylic acids is 1. The van der Waals surface area contributed by atoms with Crippen LogP contribution in [0.5, 0.6) is 0 Å². The zero-order valence-corrected chi connectivity index (χ0v) is 18.6. The van der Waals surface area contributed by atoms with Crippen LogP contribution in [0.1, 0.15) is 44.2 Å². The van der Waals surface area contributed by atoms with Crippen LogP contribution in [0.4, 0.5) is 13.2 Å². The smallest absolute Gasteiger partial charge is 0.341 e. The molecule has 0 spiro atoms. The summed E-state index contributed by atoms with van der Waals surface area (Å²) in [5.74, 6) is 0.131. The minimum atomic E-state index is -4.31. The molecule has 1 heterocycles. The van der Waals surface area contributed by atoms with Crippen molar-refractivity contribution in [3.05, 3.63) is 35.4 Å². The molecule has 0 aromatic heterocycles. The van der Waals surface area contributed by atoms with Crippen LogP contribution in [0.15, 0.2) is 24.3 Å². The maximum atomic E-state index is 13.0. The normalized spacial score (nSPS) is 15.9. The Labute approximate surface area is 183 Å². The molecular weight excluding hydrogens is 426 g/mol. The second-order valence-electron chi connectivity index (χ2n) is 7.31. The summed E-state index contributed by atoms with van der Waals surface area (Å²) in [5.41, 5.74) is 5.65. The van der Waals surface area contributed by atoms with Gasteiger partial charge in [0.1, 0.15) is 0 Å². The molecule has 2 rings (SSSR count). The topological polar surface area (TPSA) is 49.6 Å². The maximum absolute atomic E-state index is 13.0. The van der Waals surface area contributed by atoms with Gasteiger partial charge in [-0.1, -0.05) is 26.0 Å². The van der Waals surface area contributed by atoms with Crippen molar-refractivity contribution in [3.63, 3.8) is 0 Å². The molecule has 1 aromatic carbocycles. The molecule has 29 heavy (non-hydrogen) atoms. The molecule has 0 atom stereocenters. The SMILES string of the molecule is CCC(CC)(CN)C(=O)N1CCCN(Cc2ccc(C(F)(F)F)cc2)CC1.Cl.Cl. The van der Waals surface area contributed by atoms with Crippen LogP contribution >= 0.6 is 24.8 Å². The standard InChI is InChI=1S/C20H30F3N3O.2ClH/c1-3-19(4-2,15-24)18(27)26-11-5-10-25(12-13-26)14-16-6-8-17(9-7-16)20(21,22)23;;/h6-9H,3-5,10-15,24H2,1-2H3;2*1H. The van der Waals surface area contributed by atoms with Crippen molar-refractivity contribution in [3.8, 4) is 0 Å². The molecule has 1 aliphatic heterocycles. The second-order valence-corrected chi connectivity index (χ2v) is 7.31. The van der Waals surface area contributed by atoms with Gasteiger partial charge in [-0.05, 0) is 37.0 Å². The van der Waals surface area contributed by atoms with Gasteiger partial charge in [-0.2, -0.15) is 13.2 Å². The van der Waals surface area contributed by atoms with Crippen LogP contribution in [0.3, 0.4) is 0 Å². The molecule has 1 fully saturated rings. The Morgan fingerprint density at radius 2 is 1.59 bits per heavy atom. The van der Waals surface area contributed by atoms with Crippen molar-refractivity contribution < 1.29 is 18.0 Å². The van der Waals surface area contributed by atoms with Gasteiger partial charge < -0.3 is 10.6 Å². The lowest BCUT2D eigenvalue weighted by Crippen LogP contribution is -2.48. The number of carbonyl (C=O) groups is 1. The van der Waals surface area contributed by atoms with E-state index in [0.717, 1.165) is 43.5 Å². The summed E-state index contributed by atoms with van der Waals surface area (Å²) < 4.78 is 38.0. The molecule has 4 nitrogen and oxygen atoms in total. The van der Waals surface area contributed by atoms with E-state index in [1.54, 1.807) is 0 Å². The van der Waals surface area contributed by atoms with Gasteiger partial charge in [-0.25, -0.2) is 0 Å². The Bertz CT molecular complexity index is 614. The van der Waals surface area contributed by atoms with Crippen LogP contribution < -0.4 is 5.73 Å². The average molecular weight is 458 g/mol. The Morgan fingerprint density at radius 1 is 1.00 bits per heavy atom. The van der Waals surface area contributed by atoms with Crippen LogP contribution in [-0.2, 0) is 17.5 Å². The van der Waals surface area contributed by atoms with Gasteiger partial charge in [0, 0.05) is 39.3 Å². The molecule has 1 amide bonds. The van der Waals surface area contributed by atoms with E-state index in [1.165, 1.54) is 12.1 Å². The lowest BCUT2D eigenvalue weighted by molar-refractivity contribution is -0.142. The molecule has 0 unspecified atom stereocenters. The molecular formula is C20H32Cl2F3N3O. The first-order valence-corrected chi connectivity index (χ1v) is 9.63. The predicted molar refractivity (Wildman–Crippen MR) is 114 cm³/mol. The summed E-state index contributed by atoms with van der Waals surface area (Å²) in [6.07, 6.45) is -2.01. The van der Waals surface area contributed by atoms with E-state index in [4.69, 9.17) is 5.73 Å². The largest absolute Gasteiger partial charge is 0.416 e. The highest BCUT2D eigenvalue weighted by Crippen LogP contribution is 2.30. The van der Waals surface area contributed by atoms with Gasteiger partial charge in [-0.15, -0.1) is 24.8 Å². The molecule has 2 N–H and O–H groups in total. The van der Waals surface area contributed by atoms with E-state index in [1.807, 2.05) is 18.7 Å². The predicted octanol–water partition coefficient (Wildman–Crippen LogP) is 4.35. The number of hydrogen-bond donors (Lipinski definition) is 1. The molecule has 0 saturated carbocycles. The fraction of sp³-hybridized carbons (Fsp3) is 0.650. The molecule has 1 aliphatic rings. The van der Waals surface area contributed by atoms with Crippen molar-refractivity contribution in [2.24, 2.45) is 11.1 Å². The summed E-state index contributed by atoms with van der Waals surface area (Å²) in [5, 5.41) is 0. The first-order valence-electron chi connectivity index (χ1n) is 9.63. The van der Waals surface area contributed by atoms with Crippen LogP contribution in [0.2, 0.25) is 0 Å². The summed E-state index contributed by atoms with van der Waals surface area (Å²) in [6.45, 7) is 7.80. The fourth-order valence-electron chi connectivity index (χ4n) is 3.65. The second kappa shape index (κ2) is 12.0. The number of alkyl halides is 3. The minimum absolute atomic E-state index is 0. The quantitative estimate of drug-likeness (QED) is 0.690. The molecule has 1 saturated heterocycles. The summed E-state index contributed by atoms with van der Waals surface area (Å²) >= 11 is 0. The van der Waals surface area contributed by atoms with E-state index in [9.17, 15) is 18.0 Å². The number of amides is 1. The zero-order chi connectivity index (χ0) is 20.1. The lowest BCUT2D eigenvalue weighted by Gasteiger charge is -2.34. The van der Waals surface area contributed by atoms with E-state index in [-0.39, 0.29) is 30.7 Å². The lowest BCUT2D eigenvalue weighted by atomic mass is 9.81. The van der Waals surface area contributed by atoms with Crippen molar-refractivity contribution >= 4 is 30.7 Å². The third-order valence-corrected chi connectivity index (χ3v) is 5.76. The Balaban J connectivity index is 0.00000392. The van der Waals surface area contributed by atoms with E-state index >= 15 is 0 Å². The first-order chi connectivity index (χ1) is 12.8. The summed E-state index contributed by atoms with van der Waals surface area (Å²) in [4.78, 5) is 17.1. The highest BCUT2D eigenvalue weighted by atomic mass is 35.5. The van der Waals surface area contributed by atoms with Gasteiger partial charge in [-0.3, -0.25) is 9.69 Å². The van der Waals surface area contributed by atoms with Gasteiger partial charge in [0.2, 0.25) is 5.91 Å². The Morgan fingerprint density at radius 3 is 2.07 bits per heavy atom. The Kier molecular flexibility index (Phi) is 11.6. The number of nitrogens with zero attached hydrogens (tertiary/aromatic N) is 2. The fourth-order valence-corrected chi connectivity index (χ4v) is 3.65. The molecule has 168 valence electrons. The van der Waals surface area contributed by atoms with Gasteiger partial charge in [0.25, 0.3) is 0 Å². The molecule has 0 bridgehead atoms. The van der Waals surface area contributed by atoms with Gasteiger partial charge >= 0.3 is 6.18 Å². The Hall–Kier alpha value is -1.02. The van der Waals surface area contributed by atoms with Crippen molar-refractivity contribution in [2.75, 3.05) is 32.7 Å². The number of nitrogens with two attached hydrogens (primary N) is 1. The molecule has 0 aliphatic carbocycles. The average Bonchev–Trinajstić information content (AvgIpc) is 2.89. The van der Waals surface area contributed by atoms with Gasteiger partial charge in [0.15, 0.2) is 0 Å². The number of benzene rings is 1. The van der Waals surface area contributed by atoms with Crippen molar-refractivity contribution in [2.45, 2.75) is 45.8 Å². The molecule has 9 heteroatoms. The monoisotopic (exact) mass is 457 g/mol. The highest BCUT2D eigenvalue weighted by molar-refractivity contribution is 5.85. The molecule has 0 radical (unpaired) electrons. The minimum Gasteiger partial charge on any atom is -0.341 e. The third kappa shape index (κ3) is 7.02. The van der Waals surface area contributed by atoms with Crippen molar-refractivity contribution in [1.82, 2.24) is 9.80 Å². The van der Waals surface area contributed by atoms with Crippen LogP contribution in [-0.4, -0.2) is 48.4 Å². The molecule has 1 aromatic rings. The van der Waals surface area contributed by atoms with E-state index < -0.39 is 17.2 Å². The number of hydrogen-bond acceptors (Lipinski definition) is 3. The summed E-state index contributed by atoms with van der Waals surface area (Å²) in [6, 6.07) is 5.32.